The van der Waals surface area contributed by atoms with Crippen LogP contribution in [-0.2, 0) is 0 Å². The molecule has 7 heavy (non-hydrogen) atoms. The summed E-state index contributed by atoms with van der Waals surface area (Å²) >= 11 is 0. The molecule has 0 unspecified atom stereocenters. The Morgan fingerprint density at radius 3 is 1.29 bits per heavy atom. The van der Waals surface area contributed by atoms with E-state index in [9.17, 15) is 0 Å². The van der Waals surface area contributed by atoms with E-state index in [1.54, 1.807) is 0 Å². The maximum atomic E-state index is 6.06. The second-order valence-corrected chi connectivity index (χ2v) is 0.455. The van der Waals surface area contributed by atoms with Gasteiger partial charge in [-0.1, -0.05) is 0 Å². The fourth-order valence-corrected chi connectivity index (χ4v) is 0. The highest BCUT2D eigenvalue weighted by atomic mass is 35.5. The van der Waals surface area contributed by atoms with Crippen LogP contribution in [-0.4, -0.2) is 5.96 Å². The summed E-state index contributed by atoms with van der Waals surface area (Å²) < 4.78 is 0. The molecule has 44 valence electrons. The van der Waals surface area contributed by atoms with Gasteiger partial charge in [0.2, 0.25) is 0 Å². The van der Waals surface area contributed by atoms with E-state index in [-0.39, 0.29) is 18.4 Å². The molecule has 0 fully saturated rings. The Balaban J connectivity index is -0.0000000480. The molecule has 0 aliphatic rings. The SMILES string of the molecule is C=C.Cl.N=C(N)N. The number of halogens is 1. The smallest absolute Gasteiger partial charge is 0.183 e. The zero-order valence-corrected chi connectivity index (χ0v) is 4.79. The molecule has 0 saturated heterocycles. The third-order valence-corrected chi connectivity index (χ3v) is 0. The van der Waals surface area contributed by atoms with E-state index in [2.05, 4.69) is 24.6 Å². The summed E-state index contributed by atoms with van der Waals surface area (Å²) in [7, 11) is 0. The van der Waals surface area contributed by atoms with Crippen LogP contribution in [0.25, 0.3) is 0 Å². The van der Waals surface area contributed by atoms with Crippen molar-refractivity contribution in [1.82, 2.24) is 0 Å². The van der Waals surface area contributed by atoms with E-state index in [4.69, 9.17) is 5.41 Å². The molecule has 0 aromatic carbocycles. The lowest BCUT2D eigenvalue weighted by atomic mass is 11.1. The monoisotopic (exact) mass is 123 g/mol. The van der Waals surface area contributed by atoms with Crippen molar-refractivity contribution in [2.45, 2.75) is 0 Å². The molecule has 0 atom stereocenters. The van der Waals surface area contributed by atoms with Crippen LogP contribution in [0, 0.1) is 5.41 Å². The average molecular weight is 124 g/mol. The standard InChI is InChI=1S/C2H4.CH5N3.ClH/c1-2;2-1(3)4;/h1-2H2;(H5,2,3,4);1H. The number of nitrogens with one attached hydrogen (secondary N) is 1. The van der Waals surface area contributed by atoms with Crippen molar-refractivity contribution in [2.75, 3.05) is 0 Å². The zero-order chi connectivity index (χ0) is 5.58. The van der Waals surface area contributed by atoms with Crippen molar-refractivity contribution in [3.63, 3.8) is 0 Å². The molecule has 0 heterocycles. The van der Waals surface area contributed by atoms with Gasteiger partial charge in [-0.05, 0) is 0 Å². The van der Waals surface area contributed by atoms with Crippen molar-refractivity contribution < 1.29 is 0 Å². The third kappa shape index (κ3) is 118. The van der Waals surface area contributed by atoms with Gasteiger partial charge in [-0.2, -0.15) is 0 Å². The van der Waals surface area contributed by atoms with Gasteiger partial charge < -0.3 is 11.5 Å². The summed E-state index contributed by atoms with van der Waals surface area (Å²) in [6.07, 6.45) is 0. The molecule has 0 spiro atoms. The van der Waals surface area contributed by atoms with Crippen LogP contribution < -0.4 is 11.5 Å². The molecule has 0 aromatic heterocycles. The molecule has 5 N–H and O–H groups in total. The van der Waals surface area contributed by atoms with Gasteiger partial charge in [0.05, 0.1) is 0 Å². The number of nitrogens with two attached hydrogens (primary N) is 2. The van der Waals surface area contributed by atoms with E-state index < -0.39 is 0 Å². The molecule has 0 radical (unpaired) electrons. The van der Waals surface area contributed by atoms with Gasteiger partial charge in [0, 0.05) is 0 Å². The quantitative estimate of drug-likeness (QED) is 0.242. The number of hydrogen-bond donors (Lipinski definition) is 3. The summed E-state index contributed by atoms with van der Waals surface area (Å²) in [6, 6.07) is 0. The van der Waals surface area contributed by atoms with Gasteiger partial charge in [-0.25, -0.2) is 0 Å². The molecule has 4 heteroatoms. The molecule has 0 amide bonds. The maximum Gasteiger partial charge on any atom is 0.183 e. The van der Waals surface area contributed by atoms with E-state index in [0.29, 0.717) is 0 Å². The van der Waals surface area contributed by atoms with Crippen molar-refractivity contribution in [3.05, 3.63) is 13.2 Å². The Bertz CT molecular complexity index is 41.4. The van der Waals surface area contributed by atoms with Crippen LogP contribution in [0.1, 0.15) is 0 Å². The van der Waals surface area contributed by atoms with Gasteiger partial charge in [-0.3, -0.25) is 5.41 Å². The maximum absolute atomic E-state index is 6.06. The van der Waals surface area contributed by atoms with Gasteiger partial charge in [0.1, 0.15) is 0 Å². The largest absolute Gasteiger partial charge is 0.370 e. The first kappa shape index (κ1) is 16.3. The minimum Gasteiger partial charge on any atom is -0.370 e. The fourth-order valence-electron chi connectivity index (χ4n) is 0. The molecule has 0 rings (SSSR count). The lowest BCUT2D eigenvalue weighted by Gasteiger charge is -1.69. The molecule has 0 aliphatic carbocycles. The number of rotatable bonds is 0. The summed E-state index contributed by atoms with van der Waals surface area (Å²) in [4.78, 5) is 0. The Labute approximate surface area is 49.3 Å². The normalized spacial score (nSPS) is 4.00. The number of hydrogen-bond acceptors (Lipinski definition) is 1. The van der Waals surface area contributed by atoms with Crippen molar-refractivity contribution in [3.8, 4) is 0 Å². The molecule has 0 saturated carbocycles. The number of guanidine groups is 1. The Hall–Kier alpha value is -0.700. The molecule has 0 aromatic rings. The third-order valence-electron chi connectivity index (χ3n) is 0. The molecule has 3 nitrogen and oxygen atoms in total. The van der Waals surface area contributed by atoms with Crippen molar-refractivity contribution >= 4 is 18.4 Å². The first-order chi connectivity index (χ1) is 2.73. The van der Waals surface area contributed by atoms with E-state index >= 15 is 0 Å². The fraction of sp³-hybridized carbons (Fsp3) is 0. The minimum absolute atomic E-state index is 0. The van der Waals surface area contributed by atoms with Crippen LogP contribution >= 0.6 is 12.4 Å². The Morgan fingerprint density at radius 2 is 1.29 bits per heavy atom. The van der Waals surface area contributed by atoms with Crippen molar-refractivity contribution in [2.24, 2.45) is 11.5 Å². The summed E-state index contributed by atoms with van der Waals surface area (Å²) in [6.45, 7) is 6.00. The molecule has 0 aliphatic heterocycles. The highest BCUT2D eigenvalue weighted by molar-refractivity contribution is 5.85. The molecular weight excluding hydrogens is 114 g/mol. The predicted octanol–water partition coefficient (Wildman–Crippen LogP) is 0.0626. The lowest BCUT2D eigenvalue weighted by molar-refractivity contribution is 1.39. The first-order valence-electron chi connectivity index (χ1n) is 1.33. The molecular formula is C3H10ClN3. The van der Waals surface area contributed by atoms with Crippen LogP contribution in [0.4, 0.5) is 0 Å². The highest BCUT2D eigenvalue weighted by Crippen LogP contribution is 1.13. The highest BCUT2D eigenvalue weighted by Gasteiger charge is 1.52. The van der Waals surface area contributed by atoms with Gasteiger partial charge in [-0.15, -0.1) is 25.6 Å². The van der Waals surface area contributed by atoms with Gasteiger partial charge >= 0.3 is 0 Å². The van der Waals surface area contributed by atoms with Crippen molar-refractivity contribution in [1.29, 1.82) is 5.41 Å². The van der Waals surface area contributed by atoms with Gasteiger partial charge in [0.25, 0.3) is 0 Å². The topological polar surface area (TPSA) is 75.9 Å². The molecule has 0 bridgehead atoms. The summed E-state index contributed by atoms with van der Waals surface area (Å²) in [5.41, 5.74) is 8.94. The second-order valence-electron chi connectivity index (χ2n) is 0.455. The first-order valence-corrected chi connectivity index (χ1v) is 1.33. The lowest BCUT2D eigenvalue weighted by Crippen LogP contribution is -2.20. The Morgan fingerprint density at radius 1 is 1.29 bits per heavy atom. The zero-order valence-electron chi connectivity index (χ0n) is 3.98. The van der Waals surface area contributed by atoms with Crippen LogP contribution in [0.5, 0.6) is 0 Å². The minimum atomic E-state index is -0.333. The van der Waals surface area contributed by atoms with Crippen LogP contribution in [0.15, 0.2) is 13.2 Å². The van der Waals surface area contributed by atoms with E-state index in [0.717, 1.165) is 0 Å². The van der Waals surface area contributed by atoms with E-state index in [1.807, 2.05) is 0 Å². The second kappa shape index (κ2) is 18.5. The van der Waals surface area contributed by atoms with Crippen LogP contribution in [0.3, 0.4) is 0 Å². The average Bonchev–Trinajstić information content (AvgIpc) is 1.41. The van der Waals surface area contributed by atoms with E-state index in [1.165, 1.54) is 0 Å². The summed E-state index contributed by atoms with van der Waals surface area (Å²) in [5, 5.41) is 6.06. The van der Waals surface area contributed by atoms with Crippen LogP contribution in [0.2, 0.25) is 0 Å². The summed E-state index contributed by atoms with van der Waals surface area (Å²) in [5.74, 6) is -0.333. The Kier molecular flexibility index (Phi) is 43.0. The van der Waals surface area contributed by atoms with Gasteiger partial charge in [0.15, 0.2) is 5.96 Å². The predicted molar refractivity (Wildman–Crippen MR) is 34.6 cm³/mol.